The van der Waals surface area contributed by atoms with Gasteiger partial charge in [0.2, 0.25) is 0 Å². The standard InChI is InChI=1S/C12H12N4O4/c1-7-11(16(18)19)8(2)15(14-7)10-6-9(4-5-13-10)12(17)20-3/h4-6H,1-3H3. The molecule has 2 aromatic rings. The van der Waals surface area contributed by atoms with Crippen LogP contribution in [0.3, 0.4) is 0 Å². The van der Waals surface area contributed by atoms with Gasteiger partial charge in [0.1, 0.15) is 11.4 Å². The van der Waals surface area contributed by atoms with Gasteiger partial charge >= 0.3 is 11.7 Å². The first-order valence-corrected chi connectivity index (χ1v) is 5.71. The van der Waals surface area contributed by atoms with Gasteiger partial charge in [-0.25, -0.2) is 14.5 Å². The van der Waals surface area contributed by atoms with Crippen molar-refractivity contribution >= 4 is 11.7 Å². The maximum Gasteiger partial charge on any atom is 0.338 e. The number of ether oxygens (including phenoxy) is 1. The fraction of sp³-hybridized carbons (Fsp3) is 0.250. The van der Waals surface area contributed by atoms with E-state index in [1.54, 1.807) is 13.8 Å². The Morgan fingerprint density at radius 2 is 2.15 bits per heavy atom. The van der Waals surface area contributed by atoms with E-state index < -0.39 is 10.9 Å². The minimum Gasteiger partial charge on any atom is -0.465 e. The Morgan fingerprint density at radius 1 is 1.45 bits per heavy atom. The molecule has 8 nitrogen and oxygen atoms in total. The van der Waals surface area contributed by atoms with Gasteiger partial charge in [0.05, 0.1) is 17.6 Å². The molecule has 0 saturated heterocycles. The zero-order valence-electron chi connectivity index (χ0n) is 11.2. The summed E-state index contributed by atoms with van der Waals surface area (Å²) < 4.78 is 5.95. The molecule has 0 aliphatic carbocycles. The smallest absolute Gasteiger partial charge is 0.338 e. The van der Waals surface area contributed by atoms with Crippen LogP contribution in [0, 0.1) is 24.0 Å². The van der Waals surface area contributed by atoms with Gasteiger partial charge in [0.25, 0.3) is 0 Å². The van der Waals surface area contributed by atoms with Crippen LogP contribution in [-0.2, 0) is 4.74 Å². The second-order valence-corrected chi connectivity index (χ2v) is 4.08. The zero-order chi connectivity index (χ0) is 14.9. The van der Waals surface area contributed by atoms with Gasteiger partial charge in [-0.3, -0.25) is 10.1 Å². The summed E-state index contributed by atoms with van der Waals surface area (Å²) in [6, 6.07) is 2.96. The number of aryl methyl sites for hydroxylation is 1. The third kappa shape index (κ3) is 2.22. The lowest BCUT2D eigenvalue weighted by Crippen LogP contribution is -2.06. The summed E-state index contributed by atoms with van der Waals surface area (Å²) in [7, 11) is 1.27. The van der Waals surface area contributed by atoms with E-state index in [1.165, 1.54) is 30.1 Å². The van der Waals surface area contributed by atoms with Gasteiger partial charge in [0.15, 0.2) is 5.82 Å². The van der Waals surface area contributed by atoms with E-state index in [9.17, 15) is 14.9 Å². The average Bonchev–Trinajstić information content (AvgIpc) is 2.73. The van der Waals surface area contributed by atoms with Crippen LogP contribution >= 0.6 is 0 Å². The highest BCUT2D eigenvalue weighted by Crippen LogP contribution is 2.24. The summed E-state index contributed by atoms with van der Waals surface area (Å²) in [6.07, 6.45) is 1.42. The molecule has 0 spiro atoms. The van der Waals surface area contributed by atoms with E-state index in [0.29, 0.717) is 17.1 Å². The summed E-state index contributed by atoms with van der Waals surface area (Å²) in [5.41, 5.74) is 0.878. The van der Waals surface area contributed by atoms with Crippen molar-refractivity contribution in [2.24, 2.45) is 0 Å². The summed E-state index contributed by atoms with van der Waals surface area (Å²) in [6.45, 7) is 3.12. The van der Waals surface area contributed by atoms with Crippen molar-refractivity contribution < 1.29 is 14.5 Å². The van der Waals surface area contributed by atoms with Crippen LogP contribution in [0.15, 0.2) is 18.3 Å². The van der Waals surface area contributed by atoms with Gasteiger partial charge < -0.3 is 4.74 Å². The Bertz CT molecular complexity index is 693. The predicted octanol–water partition coefficient (Wildman–Crippen LogP) is 1.58. The first kappa shape index (κ1) is 13.7. The number of carbonyl (C=O) groups excluding carboxylic acids is 1. The fourth-order valence-corrected chi connectivity index (χ4v) is 1.90. The van der Waals surface area contributed by atoms with Crippen LogP contribution in [0.4, 0.5) is 5.69 Å². The highest BCUT2D eigenvalue weighted by molar-refractivity contribution is 5.89. The molecule has 0 aliphatic heterocycles. The lowest BCUT2D eigenvalue weighted by atomic mass is 10.2. The van der Waals surface area contributed by atoms with Crippen LogP contribution in [0.25, 0.3) is 5.82 Å². The van der Waals surface area contributed by atoms with E-state index in [0.717, 1.165) is 0 Å². The first-order chi connectivity index (χ1) is 9.45. The van der Waals surface area contributed by atoms with Crippen molar-refractivity contribution in [1.29, 1.82) is 0 Å². The molecule has 2 aromatic heterocycles. The molecule has 0 N–H and O–H groups in total. The second kappa shape index (κ2) is 5.08. The minimum atomic E-state index is -0.510. The number of hydrogen-bond donors (Lipinski definition) is 0. The van der Waals surface area contributed by atoms with Crippen LogP contribution < -0.4 is 0 Å². The molecule has 0 aliphatic rings. The quantitative estimate of drug-likeness (QED) is 0.479. The lowest BCUT2D eigenvalue weighted by molar-refractivity contribution is -0.386. The molecule has 0 radical (unpaired) electrons. The second-order valence-electron chi connectivity index (χ2n) is 4.08. The lowest BCUT2D eigenvalue weighted by Gasteiger charge is -2.04. The average molecular weight is 276 g/mol. The van der Waals surface area contributed by atoms with Crippen molar-refractivity contribution in [1.82, 2.24) is 14.8 Å². The van der Waals surface area contributed by atoms with Gasteiger partial charge in [-0.15, -0.1) is 0 Å². The van der Waals surface area contributed by atoms with E-state index in [2.05, 4.69) is 14.8 Å². The van der Waals surface area contributed by atoms with Crippen molar-refractivity contribution in [2.45, 2.75) is 13.8 Å². The normalized spacial score (nSPS) is 10.3. The van der Waals surface area contributed by atoms with Crippen LogP contribution in [0.2, 0.25) is 0 Å². The van der Waals surface area contributed by atoms with Gasteiger partial charge in [-0.1, -0.05) is 0 Å². The van der Waals surface area contributed by atoms with Gasteiger partial charge in [-0.05, 0) is 26.0 Å². The molecule has 20 heavy (non-hydrogen) atoms. The molecule has 0 saturated carbocycles. The molecule has 0 atom stereocenters. The predicted molar refractivity (Wildman–Crippen MR) is 68.8 cm³/mol. The fourth-order valence-electron chi connectivity index (χ4n) is 1.90. The molecular formula is C12H12N4O4. The van der Waals surface area contributed by atoms with Crippen molar-refractivity contribution in [2.75, 3.05) is 7.11 Å². The third-order valence-electron chi connectivity index (χ3n) is 2.82. The number of esters is 1. The van der Waals surface area contributed by atoms with E-state index in [4.69, 9.17) is 0 Å². The highest BCUT2D eigenvalue weighted by Gasteiger charge is 2.23. The van der Waals surface area contributed by atoms with E-state index in [-0.39, 0.29) is 11.4 Å². The van der Waals surface area contributed by atoms with Crippen molar-refractivity contribution in [3.63, 3.8) is 0 Å². The van der Waals surface area contributed by atoms with E-state index in [1.807, 2.05) is 0 Å². The SMILES string of the molecule is COC(=O)c1ccnc(-n2nc(C)c([N+](=O)[O-])c2C)c1. The number of rotatable bonds is 3. The Kier molecular flexibility index (Phi) is 3.47. The Morgan fingerprint density at radius 3 is 2.70 bits per heavy atom. The summed E-state index contributed by atoms with van der Waals surface area (Å²) >= 11 is 0. The zero-order valence-corrected chi connectivity index (χ0v) is 11.2. The molecule has 0 amide bonds. The van der Waals surface area contributed by atoms with Crippen LogP contribution in [0.1, 0.15) is 21.7 Å². The summed E-state index contributed by atoms with van der Waals surface area (Å²) in [5.74, 6) is -0.189. The van der Waals surface area contributed by atoms with Crippen molar-refractivity contribution in [3.8, 4) is 5.82 Å². The first-order valence-electron chi connectivity index (χ1n) is 5.71. The number of nitro groups is 1. The molecule has 104 valence electrons. The number of carbonyl (C=O) groups is 1. The number of pyridine rings is 1. The molecule has 2 rings (SSSR count). The maximum atomic E-state index is 11.5. The number of methoxy groups -OCH3 is 1. The van der Waals surface area contributed by atoms with Gasteiger partial charge in [0, 0.05) is 6.20 Å². The minimum absolute atomic E-state index is 0.0599. The summed E-state index contributed by atoms with van der Waals surface area (Å²) in [4.78, 5) is 26.0. The monoisotopic (exact) mass is 276 g/mol. The molecule has 0 unspecified atom stereocenters. The molecule has 2 heterocycles. The Balaban J connectivity index is 2.55. The number of nitrogens with zero attached hydrogens (tertiary/aromatic N) is 4. The Labute approximate surface area is 114 Å². The molecule has 8 heteroatoms. The largest absolute Gasteiger partial charge is 0.465 e. The number of aromatic nitrogens is 3. The van der Waals surface area contributed by atoms with Gasteiger partial charge in [-0.2, -0.15) is 5.10 Å². The molecular weight excluding hydrogens is 264 g/mol. The highest BCUT2D eigenvalue weighted by atomic mass is 16.6. The van der Waals surface area contributed by atoms with Crippen LogP contribution in [-0.4, -0.2) is 32.8 Å². The maximum absolute atomic E-state index is 11.5. The Hall–Kier alpha value is -2.77. The summed E-state index contributed by atoms with van der Waals surface area (Å²) in [5, 5.41) is 15.1. The van der Waals surface area contributed by atoms with Crippen LogP contribution in [0.5, 0.6) is 0 Å². The third-order valence-corrected chi connectivity index (χ3v) is 2.82. The topological polar surface area (TPSA) is 100 Å². The molecule has 0 aromatic carbocycles. The number of hydrogen-bond acceptors (Lipinski definition) is 6. The molecule has 0 bridgehead atoms. The molecule has 0 fully saturated rings. The van der Waals surface area contributed by atoms with E-state index >= 15 is 0 Å². The van der Waals surface area contributed by atoms with Crippen molar-refractivity contribution in [3.05, 3.63) is 45.4 Å².